The molecule has 1 aliphatic heterocycles. The molecule has 20 heavy (non-hydrogen) atoms. The Balaban J connectivity index is 2.23. The third kappa shape index (κ3) is 3.36. The molecule has 0 spiro atoms. The first kappa shape index (κ1) is 15.0. The van der Waals surface area contributed by atoms with Crippen LogP contribution in [0.1, 0.15) is 30.9 Å². The van der Waals surface area contributed by atoms with Gasteiger partial charge in [-0.25, -0.2) is 0 Å². The van der Waals surface area contributed by atoms with Crippen molar-refractivity contribution in [3.8, 4) is 11.8 Å². The van der Waals surface area contributed by atoms with Crippen molar-refractivity contribution in [2.45, 2.75) is 31.4 Å². The van der Waals surface area contributed by atoms with Crippen molar-refractivity contribution in [1.29, 1.82) is 0 Å². The fourth-order valence-corrected chi connectivity index (χ4v) is 3.43. The highest BCUT2D eigenvalue weighted by molar-refractivity contribution is 8.01. The predicted molar refractivity (Wildman–Crippen MR) is 83.9 cm³/mol. The molecule has 0 bridgehead atoms. The van der Waals surface area contributed by atoms with Crippen LogP contribution in [0.4, 0.5) is 5.69 Å². The number of benzene rings is 1. The molecule has 106 valence electrons. The zero-order chi connectivity index (χ0) is 14.6. The number of thioether (sulfide) groups is 1. The van der Waals surface area contributed by atoms with E-state index in [4.69, 9.17) is 5.11 Å². The standard InChI is InChI=1S/C16H19NO2S/c1-12-6-7-13(5-3-9-18)14(11-12)17-15(19)16(2)8-4-10-20-16/h6-7,11,18H,4,8-10H2,1-2H3,(H,17,19). The molecule has 2 rings (SSSR count). The topological polar surface area (TPSA) is 49.3 Å². The number of hydrogen-bond donors (Lipinski definition) is 2. The van der Waals surface area contributed by atoms with Gasteiger partial charge in [-0.3, -0.25) is 4.79 Å². The number of aliphatic hydroxyl groups is 1. The highest BCUT2D eigenvalue weighted by Crippen LogP contribution is 2.38. The van der Waals surface area contributed by atoms with Gasteiger partial charge in [0.25, 0.3) is 0 Å². The molecule has 0 aromatic heterocycles. The SMILES string of the molecule is Cc1ccc(C#CCO)c(NC(=O)C2(C)CCCS2)c1. The first-order chi connectivity index (χ1) is 9.55. The van der Waals surface area contributed by atoms with Crippen LogP contribution in [0.15, 0.2) is 18.2 Å². The van der Waals surface area contributed by atoms with E-state index < -0.39 is 0 Å². The van der Waals surface area contributed by atoms with Gasteiger partial charge < -0.3 is 10.4 Å². The van der Waals surface area contributed by atoms with Gasteiger partial charge in [0.15, 0.2) is 0 Å². The van der Waals surface area contributed by atoms with E-state index in [-0.39, 0.29) is 17.3 Å². The molecule has 1 atom stereocenters. The number of amides is 1. The Bertz CT molecular complexity index is 566. The fourth-order valence-electron chi connectivity index (χ4n) is 2.22. The van der Waals surface area contributed by atoms with E-state index >= 15 is 0 Å². The van der Waals surface area contributed by atoms with Crippen LogP contribution in [0.3, 0.4) is 0 Å². The van der Waals surface area contributed by atoms with Crippen molar-refractivity contribution < 1.29 is 9.90 Å². The predicted octanol–water partition coefficient (Wildman–Crippen LogP) is 2.56. The Morgan fingerprint density at radius 1 is 1.55 bits per heavy atom. The molecular weight excluding hydrogens is 270 g/mol. The minimum atomic E-state index is -0.342. The number of aliphatic hydroxyl groups excluding tert-OH is 1. The molecule has 0 aliphatic carbocycles. The summed E-state index contributed by atoms with van der Waals surface area (Å²) in [5, 5.41) is 11.8. The molecule has 2 N–H and O–H groups in total. The number of rotatable bonds is 2. The van der Waals surface area contributed by atoms with E-state index in [1.807, 2.05) is 32.0 Å². The van der Waals surface area contributed by atoms with Crippen molar-refractivity contribution in [2.24, 2.45) is 0 Å². The smallest absolute Gasteiger partial charge is 0.240 e. The van der Waals surface area contributed by atoms with Crippen molar-refractivity contribution in [2.75, 3.05) is 17.7 Å². The van der Waals surface area contributed by atoms with Crippen LogP contribution >= 0.6 is 11.8 Å². The molecule has 3 nitrogen and oxygen atoms in total. The molecular formula is C16H19NO2S. The zero-order valence-corrected chi connectivity index (χ0v) is 12.6. The van der Waals surface area contributed by atoms with Gasteiger partial charge in [-0.15, -0.1) is 11.8 Å². The lowest BCUT2D eigenvalue weighted by molar-refractivity contribution is -0.118. The maximum Gasteiger partial charge on any atom is 0.240 e. The first-order valence-corrected chi connectivity index (χ1v) is 7.69. The van der Waals surface area contributed by atoms with E-state index in [2.05, 4.69) is 17.2 Å². The summed E-state index contributed by atoms with van der Waals surface area (Å²) < 4.78 is -0.342. The van der Waals surface area contributed by atoms with E-state index in [0.717, 1.165) is 35.4 Å². The van der Waals surface area contributed by atoms with Crippen LogP contribution in [0.5, 0.6) is 0 Å². The lowest BCUT2D eigenvalue weighted by Crippen LogP contribution is -2.34. The number of anilines is 1. The normalized spacial score (nSPS) is 21.1. The lowest BCUT2D eigenvalue weighted by atomic mass is 10.0. The number of nitrogens with one attached hydrogen (secondary N) is 1. The average molecular weight is 289 g/mol. The molecule has 1 fully saturated rings. The molecule has 1 heterocycles. The Morgan fingerprint density at radius 3 is 3.00 bits per heavy atom. The van der Waals surface area contributed by atoms with Crippen LogP contribution in [0, 0.1) is 18.8 Å². The molecule has 1 amide bonds. The maximum absolute atomic E-state index is 12.4. The van der Waals surface area contributed by atoms with Crippen LogP contribution in [0.2, 0.25) is 0 Å². The second-order valence-electron chi connectivity index (χ2n) is 5.15. The maximum atomic E-state index is 12.4. The quantitative estimate of drug-likeness (QED) is 0.823. The zero-order valence-electron chi connectivity index (χ0n) is 11.8. The van der Waals surface area contributed by atoms with Gasteiger partial charge in [0.2, 0.25) is 5.91 Å². The summed E-state index contributed by atoms with van der Waals surface area (Å²) in [5.41, 5.74) is 2.54. The number of hydrogen-bond acceptors (Lipinski definition) is 3. The fraction of sp³-hybridized carbons (Fsp3) is 0.438. The average Bonchev–Trinajstić information content (AvgIpc) is 2.86. The largest absolute Gasteiger partial charge is 0.384 e. The summed E-state index contributed by atoms with van der Waals surface area (Å²) in [5.74, 6) is 6.58. The number of carbonyl (C=O) groups excluding carboxylic acids is 1. The van der Waals surface area contributed by atoms with Crippen LogP contribution in [-0.2, 0) is 4.79 Å². The van der Waals surface area contributed by atoms with Gasteiger partial charge in [0.05, 0.1) is 10.4 Å². The molecule has 0 saturated carbocycles. The van der Waals surface area contributed by atoms with E-state index in [1.54, 1.807) is 11.8 Å². The third-order valence-electron chi connectivity index (χ3n) is 3.42. The minimum Gasteiger partial charge on any atom is -0.384 e. The highest BCUT2D eigenvalue weighted by Gasteiger charge is 2.37. The molecule has 4 heteroatoms. The first-order valence-electron chi connectivity index (χ1n) is 6.71. The monoisotopic (exact) mass is 289 g/mol. The Hall–Kier alpha value is -1.44. The van der Waals surface area contributed by atoms with E-state index in [1.165, 1.54) is 0 Å². The van der Waals surface area contributed by atoms with Crippen molar-refractivity contribution in [3.63, 3.8) is 0 Å². The molecule has 1 aromatic carbocycles. The van der Waals surface area contributed by atoms with Gasteiger partial charge in [-0.2, -0.15) is 0 Å². The summed E-state index contributed by atoms with van der Waals surface area (Å²) >= 11 is 1.71. The Kier molecular flexibility index (Phi) is 4.74. The van der Waals surface area contributed by atoms with Crippen molar-refractivity contribution in [3.05, 3.63) is 29.3 Å². The number of carbonyl (C=O) groups is 1. The summed E-state index contributed by atoms with van der Waals surface area (Å²) in [6.45, 7) is 3.79. The third-order valence-corrected chi connectivity index (χ3v) is 4.94. The number of aryl methyl sites for hydroxylation is 1. The lowest BCUT2D eigenvalue weighted by Gasteiger charge is -2.22. The molecule has 1 unspecified atom stereocenters. The van der Waals surface area contributed by atoms with Crippen molar-refractivity contribution >= 4 is 23.4 Å². The molecule has 1 aromatic rings. The highest BCUT2D eigenvalue weighted by atomic mass is 32.2. The van der Waals surface area contributed by atoms with Crippen molar-refractivity contribution in [1.82, 2.24) is 0 Å². The second-order valence-corrected chi connectivity index (χ2v) is 6.74. The summed E-state index contributed by atoms with van der Waals surface area (Å²) in [6.07, 6.45) is 1.99. The van der Waals surface area contributed by atoms with E-state index in [9.17, 15) is 4.79 Å². The van der Waals surface area contributed by atoms with Gasteiger partial charge in [-0.05, 0) is 50.1 Å². The van der Waals surface area contributed by atoms with Gasteiger partial charge in [-0.1, -0.05) is 17.9 Å². The van der Waals surface area contributed by atoms with Crippen LogP contribution < -0.4 is 5.32 Å². The van der Waals surface area contributed by atoms with Gasteiger partial charge >= 0.3 is 0 Å². The molecule has 1 aliphatic rings. The summed E-state index contributed by atoms with van der Waals surface area (Å²) in [7, 11) is 0. The van der Waals surface area contributed by atoms with Gasteiger partial charge in [0.1, 0.15) is 6.61 Å². The van der Waals surface area contributed by atoms with E-state index in [0.29, 0.717) is 0 Å². The molecule has 1 saturated heterocycles. The van der Waals surface area contributed by atoms with Crippen LogP contribution in [0.25, 0.3) is 0 Å². The minimum absolute atomic E-state index is 0.0395. The molecule has 0 radical (unpaired) electrons. The second kappa shape index (κ2) is 6.34. The summed E-state index contributed by atoms with van der Waals surface area (Å²) in [6, 6.07) is 5.74. The summed E-state index contributed by atoms with van der Waals surface area (Å²) in [4.78, 5) is 12.4. The Labute approximate surface area is 124 Å². The van der Waals surface area contributed by atoms with Gasteiger partial charge in [0, 0.05) is 5.56 Å². The van der Waals surface area contributed by atoms with Crippen LogP contribution in [-0.4, -0.2) is 28.1 Å². The Morgan fingerprint density at radius 2 is 2.35 bits per heavy atom.